The predicted molar refractivity (Wildman–Crippen MR) is 98.9 cm³/mol. The van der Waals surface area contributed by atoms with Crippen LogP contribution >= 0.6 is 0 Å². The third kappa shape index (κ3) is 4.32. The molecule has 27 heavy (non-hydrogen) atoms. The molecule has 2 aliphatic heterocycles. The summed E-state index contributed by atoms with van der Waals surface area (Å²) in [5.74, 6) is -0.813. The fraction of sp³-hybridized carbons (Fsp3) is 0.450. The molecule has 0 N–H and O–H groups in total. The molecule has 7 heteroatoms. The van der Waals surface area contributed by atoms with Gasteiger partial charge in [-0.05, 0) is 30.2 Å². The highest BCUT2D eigenvalue weighted by Gasteiger charge is 2.42. The van der Waals surface area contributed by atoms with Crippen molar-refractivity contribution in [1.29, 1.82) is 0 Å². The van der Waals surface area contributed by atoms with Crippen molar-refractivity contribution >= 4 is 5.91 Å². The Morgan fingerprint density at radius 1 is 1.04 bits per heavy atom. The molecule has 7 nitrogen and oxygen atoms in total. The lowest BCUT2D eigenvalue weighted by Crippen LogP contribution is -2.59. The minimum atomic E-state index is -0.783. The summed E-state index contributed by atoms with van der Waals surface area (Å²) in [5.41, 5.74) is 1.75. The average Bonchev–Trinajstić information content (AvgIpc) is 2.90. The first-order valence-corrected chi connectivity index (χ1v) is 9.33. The highest BCUT2D eigenvalue weighted by atomic mass is 16.7. The van der Waals surface area contributed by atoms with E-state index in [0.29, 0.717) is 38.4 Å². The summed E-state index contributed by atoms with van der Waals surface area (Å²) >= 11 is 0. The van der Waals surface area contributed by atoms with Crippen molar-refractivity contribution in [3.05, 3.63) is 60.2 Å². The predicted octanol–water partition coefficient (Wildman–Crippen LogP) is 1.57. The van der Waals surface area contributed by atoms with Crippen LogP contribution in [0.2, 0.25) is 0 Å². The van der Waals surface area contributed by atoms with Crippen molar-refractivity contribution in [2.24, 2.45) is 0 Å². The first-order chi connectivity index (χ1) is 13.2. The van der Waals surface area contributed by atoms with Gasteiger partial charge in [0, 0.05) is 44.4 Å². The molecule has 1 atom stereocenters. The summed E-state index contributed by atoms with van der Waals surface area (Å²) in [4.78, 5) is 25.2. The number of carbonyl (C=O) groups is 1. The monoisotopic (exact) mass is 368 g/mol. The third-order valence-corrected chi connectivity index (χ3v) is 4.93. The summed E-state index contributed by atoms with van der Waals surface area (Å²) in [6.07, 6.45) is 7.87. The number of hydrogen-bond donors (Lipinski definition) is 0. The Kier molecular flexibility index (Phi) is 5.42. The second-order valence-electron chi connectivity index (χ2n) is 7.00. The number of pyridine rings is 2. The fourth-order valence-electron chi connectivity index (χ4n) is 3.68. The van der Waals surface area contributed by atoms with E-state index in [9.17, 15) is 4.79 Å². The molecule has 2 aromatic heterocycles. The highest BCUT2D eigenvalue weighted by molar-refractivity contribution is 5.94. The molecule has 0 bridgehead atoms. The normalized spacial score (nSPS) is 23.9. The zero-order valence-corrected chi connectivity index (χ0v) is 15.3. The van der Waals surface area contributed by atoms with Crippen LogP contribution in [-0.4, -0.2) is 70.9 Å². The maximum absolute atomic E-state index is 12.8. The van der Waals surface area contributed by atoms with Crippen LogP contribution in [0.25, 0.3) is 0 Å². The second-order valence-corrected chi connectivity index (χ2v) is 7.00. The van der Waals surface area contributed by atoms with Gasteiger partial charge in [0.25, 0.3) is 5.91 Å². The highest BCUT2D eigenvalue weighted by Crippen LogP contribution is 2.26. The number of nitrogens with zero attached hydrogens (tertiary/aromatic N) is 4. The van der Waals surface area contributed by atoms with Crippen molar-refractivity contribution in [3.63, 3.8) is 0 Å². The summed E-state index contributed by atoms with van der Waals surface area (Å²) < 4.78 is 12.2. The summed E-state index contributed by atoms with van der Waals surface area (Å²) in [6, 6.07) is 7.59. The lowest BCUT2D eigenvalue weighted by Gasteiger charge is -2.43. The number of hydrogen-bond acceptors (Lipinski definition) is 6. The lowest BCUT2D eigenvalue weighted by molar-refractivity contribution is -0.261. The van der Waals surface area contributed by atoms with Gasteiger partial charge < -0.3 is 14.4 Å². The summed E-state index contributed by atoms with van der Waals surface area (Å²) in [7, 11) is 0. The number of ether oxygens (including phenoxy) is 2. The number of morpholine rings is 1. The van der Waals surface area contributed by atoms with Gasteiger partial charge in [0.2, 0.25) is 0 Å². The number of amides is 1. The molecule has 2 fully saturated rings. The Morgan fingerprint density at radius 2 is 1.85 bits per heavy atom. The van der Waals surface area contributed by atoms with Crippen LogP contribution in [0, 0.1) is 0 Å². The molecule has 1 spiro atoms. The largest absolute Gasteiger partial charge is 0.347 e. The summed E-state index contributed by atoms with van der Waals surface area (Å²) in [5, 5.41) is 0. The van der Waals surface area contributed by atoms with Gasteiger partial charge in [-0.25, -0.2) is 0 Å². The second kappa shape index (κ2) is 8.12. The Morgan fingerprint density at radius 3 is 2.63 bits per heavy atom. The van der Waals surface area contributed by atoms with Crippen LogP contribution in [-0.2, 0) is 16.0 Å². The van der Waals surface area contributed by atoms with E-state index in [1.807, 2.05) is 17.2 Å². The minimum Gasteiger partial charge on any atom is -0.347 e. The van der Waals surface area contributed by atoms with Gasteiger partial charge in [-0.3, -0.25) is 19.7 Å². The standard InChI is InChI=1S/C20H24N4O3/c25-19(18-5-2-7-22-13-18)24-9-11-27-20(16-24)15-23(8-3-10-26-20)14-17-4-1-6-21-12-17/h1-2,4-7,12-13H,3,8-11,14-16H2. The quantitative estimate of drug-likeness (QED) is 0.819. The van der Waals surface area contributed by atoms with Gasteiger partial charge in [-0.15, -0.1) is 0 Å². The first kappa shape index (κ1) is 18.0. The van der Waals surface area contributed by atoms with Gasteiger partial charge in [0.1, 0.15) is 0 Å². The van der Waals surface area contributed by atoms with E-state index in [1.165, 1.54) is 0 Å². The van der Waals surface area contributed by atoms with E-state index in [2.05, 4.69) is 20.9 Å². The number of carbonyl (C=O) groups excluding carboxylic acids is 1. The Hall–Kier alpha value is -2.35. The Balaban J connectivity index is 1.47. The molecule has 0 aliphatic carbocycles. The van der Waals surface area contributed by atoms with Crippen LogP contribution < -0.4 is 0 Å². The molecule has 4 heterocycles. The van der Waals surface area contributed by atoms with Crippen molar-refractivity contribution in [1.82, 2.24) is 19.8 Å². The molecule has 2 saturated heterocycles. The number of aromatic nitrogens is 2. The third-order valence-electron chi connectivity index (χ3n) is 4.93. The minimum absolute atomic E-state index is 0.0302. The molecular formula is C20H24N4O3. The summed E-state index contributed by atoms with van der Waals surface area (Å²) in [6.45, 7) is 4.41. The first-order valence-electron chi connectivity index (χ1n) is 9.33. The van der Waals surface area contributed by atoms with E-state index < -0.39 is 5.79 Å². The van der Waals surface area contributed by atoms with Gasteiger partial charge >= 0.3 is 0 Å². The zero-order valence-electron chi connectivity index (χ0n) is 15.3. The van der Waals surface area contributed by atoms with E-state index in [0.717, 1.165) is 25.1 Å². The Labute approximate surface area is 158 Å². The van der Waals surface area contributed by atoms with Crippen molar-refractivity contribution < 1.29 is 14.3 Å². The maximum atomic E-state index is 12.8. The van der Waals surface area contributed by atoms with Crippen LogP contribution in [0.3, 0.4) is 0 Å². The molecule has 2 aromatic rings. The maximum Gasteiger partial charge on any atom is 0.255 e. The van der Waals surface area contributed by atoms with Gasteiger partial charge in [0.05, 0.1) is 31.9 Å². The molecule has 4 rings (SSSR count). The van der Waals surface area contributed by atoms with Crippen LogP contribution in [0.1, 0.15) is 22.3 Å². The zero-order chi connectivity index (χ0) is 18.5. The van der Waals surface area contributed by atoms with Crippen LogP contribution in [0.5, 0.6) is 0 Å². The van der Waals surface area contributed by atoms with E-state index in [1.54, 1.807) is 30.7 Å². The molecule has 142 valence electrons. The fourth-order valence-corrected chi connectivity index (χ4v) is 3.68. The number of rotatable bonds is 3. The van der Waals surface area contributed by atoms with Crippen molar-refractivity contribution in [3.8, 4) is 0 Å². The van der Waals surface area contributed by atoms with E-state index in [-0.39, 0.29) is 5.91 Å². The molecule has 0 saturated carbocycles. The molecule has 0 aromatic carbocycles. The SMILES string of the molecule is O=C(c1cccnc1)N1CCOC2(CN(Cc3cccnc3)CCCO2)C1. The van der Waals surface area contributed by atoms with Gasteiger partial charge in [-0.2, -0.15) is 0 Å². The van der Waals surface area contributed by atoms with Crippen molar-refractivity contribution in [2.75, 3.05) is 39.4 Å². The van der Waals surface area contributed by atoms with Gasteiger partial charge in [-0.1, -0.05) is 6.07 Å². The smallest absolute Gasteiger partial charge is 0.255 e. The van der Waals surface area contributed by atoms with Crippen molar-refractivity contribution in [2.45, 2.75) is 18.8 Å². The van der Waals surface area contributed by atoms with Crippen LogP contribution in [0.4, 0.5) is 0 Å². The topological polar surface area (TPSA) is 67.8 Å². The van der Waals surface area contributed by atoms with E-state index >= 15 is 0 Å². The average molecular weight is 368 g/mol. The molecule has 1 amide bonds. The van der Waals surface area contributed by atoms with Crippen LogP contribution in [0.15, 0.2) is 49.1 Å². The molecule has 2 aliphatic rings. The molecule has 0 radical (unpaired) electrons. The van der Waals surface area contributed by atoms with E-state index in [4.69, 9.17) is 9.47 Å². The lowest BCUT2D eigenvalue weighted by atomic mass is 10.1. The molecule has 1 unspecified atom stereocenters. The Bertz CT molecular complexity index is 758. The molecular weight excluding hydrogens is 344 g/mol. The van der Waals surface area contributed by atoms with Gasteiger partial charge in [0.15, 0.2) is 5.79 Å².